The van der Waals surface area contributed by atoms with Crippen LogP contribution in [0, 0.1) is 5.92 Å². The molecule has 1 aliphatic carbocycles. The summed E-state index contributed by atoms with van der Waals surface area (Å²) in [4.78, 5) is 0. The van der Waals surface area contributed by atoms with E-state index >= 15 is 0 Å². The number of nitrogens with zero attached hydrogens (tertiary/aromatic N) is 2. The van der Waals surface area contributed by atoms with Crippen LogP contribution in [0.2, 0.25) is 0 Å². The molecule has 0 radical (unpaired) electrons. The maximum Gasteiger partial charge on any atom is 0.0568 e. The first-order valence-electron chi connectivity index (χ1n) is 11.5. The summed E-state index contributed by atoms with van der Waals surface area (Å²) in [5, 5.41) is 8.44. The van der Waals surface area contributed by atoms with E-state index in [-0.39, 0.29) is 0 Å². The molecule has 0 N–H and O–H groups in total. The summed E-state index contributed by atoms with van der Waals surface area (Å²) in [6.45, 7) is 4.57. The van der Waals surface area contributed by atoms with Crippen molar-refractivity contribution in [2.24, 2.45) is 16.1 Å². The largest absolute Gasteiger partial charge is 0.159 e. The molecule has 2 nitrogen and oxygen atoms in total. The summed E-state index contributed by atoms with van der Waals surface area (Å²) in [5.74, 6) is 1.69. The average Bonchev–Trinajstić information content (AvgIpc) is 2.78. The van der Waals surface area contributed by atoms with Gasteiger partial charge in [-0.1, -0.05) is 81.6 Å². The fraction of sp³-hybridized carbons (Fsp3) is 0.481. The van der Waals surface area contributed by atoms with Crippen LogP contribution in [0.4, 0.5) is 0 Å². The Morgan fingerprint density at radius 3 is 1.90 bits per heavy atom. The summed E-state index contributed by atoms with van der Waals surface area (Å²) in [6, 6.07) is 17.6. The third-order valence-corrected chi connectivity index (χ3v) is 6.36. The number of aryl methyl sites for hydroxylation is 1. The van der Waals surface area contributed by atoms with Crippen molar-refractivity contribution in [2.75, 3.05) is 0 Å². The van der Waals surface area contributed by atoms with Crippen LogP contribution in [-0.4, -0.2) is 12.4 Å². The molecule has 2 heteroatoms. The molecule has 0 amide bonds. The van der Waals surface area contributed by atoms with Crippen molar-refractivity contribution in [1.82, 2.24) is 0 Å². The van der Waals surface area contributed by atoms with Crippen LogP contribution in [0.5, 0.6) is 0 Å². The Labute approximate surface area is 177 Å². The van der Waals surface area contributed by atoms with E-state index in [0.29, 0.717) is 0 Å². The van der Waals surface area contributed by atoms with Gasteiger partial charge in [0.2, 0.25) is 0 Å². The lowest BCUT2D eigenvalue weighted by molar-refractivity contribution is 0.319. The highest BCUT2D eigenvalue weighted by Crippen LogP contribution is 2.36. The lowest BCUT2D eigenvalue weighted by Crippen LogP contribution is -2.12. The van der Waals surface area contributed by atoms with Gasteiger partial charge in [0.15, 0.2) is 0 Å². The predicted molar refractivity (Wildman–Crippen MR) is 126 cm³/mol. The second kappa shape index (κ2) is 11.7. The molecule has 1 aliphatic rings. The molecule has 0 atom stereocenters. The molecule has 0 heterocycles. The first-order valence-corrected chi connectivity index (χ1v) is 11.5. The van der Waals surface area contributed by atoms with Crippen LogP contribution in [0.1, 0.15) is 93.4 Å². The summed E-state index contributed by atoms with van der Waals surface area (Å²) in [7, 11) is 0. The molecule has 3 rings (SSSR count). The van der Waals surface area contributed by atoms with Crippen molar-refractivity contribution in [3.63, 3.8) is 0 Å². The number of unbranched alkanes of at least 4 members (excludes halogenated alkanes) is 2. The lowest BCUT2D eigenvalue weighted by Gasteiger charge is -2.28. The van der Waals surface area contributed by atoms with Crippen molar-refractivity contribution in [1.29, 1.82) is 0 Å². The van der Waals surface area contributed by atoms with E-state index in [1.807, 2.05) is 12.4 Å². The molecule has 0 unspecified atom stereocenters. The van der Waals surface area contributed by atoms with Crippen molar-refractivity contribution in [3.05, 3.63) is 70.8 Å². The number of benzene rings is 2. The van der Waals surface area contributed by atoms with Crippen molar-refractivity contribution in [3.8, 4) is 0 Å². The molecular formula is C27H36N2. The van der Waals surface area contributed by atoms with E-state index in [0.717, 1.165) is 23.0 Å². The molecule has 1 saturated carbocycles. The highest BCUT2D eigenvalue weighted by Gasteiger charge is 2.20. The second-order valence-corrected chi connectivity index (χ2v) is 8.48. The van der Waals surface area contributed by atoms with Gasteiger partial charge in [-0.25, -0.2) is 0 Å². The van der Waals surface area contributed by atoms with Crippen molar-refractivity contribution < 1.29 is 0 Å². The van der Waals surface area contributed by atoms with E-state index in [2.05, 4.69) is 72.6 Å². The molecule has 2 aromatic rings. The molecule has 2 aromatic carbocycles. The summed E-state index contributed by atoms with van der Waals surface area (Å²) >= 11 is 0. The normalized spacial score (nSPS) is 19.9. The minimum Gasteiger partial charge on any atom is -0.159 e. The first-order chi connectivity index (χ1) is 14.3. The third-order valence-electron chi connectivity index (χ3n) is 6.36. The highest BCUT2D eigenvalue weighted by atomic mass is 15.2. The minimum absolute atomic E-state index is 0.742. The summed E-state index contributed by atoms with van der Waals surface area (Å²) in [5.41, 5.74) is 5.10. The van der Waals surface area contributed by atoms with Crippen LogP contribution in [0.25, 0.3) is 0 Å². The van der Waals surface area contributed by atoms with E-state index in [9.17, 15) is 0 Å². The van der Waals surface area contributed by atoms with Crippen LogP contribution >= 0.6 is 0 Å². The Balaban J connectivity index is 1.47. The zero-order chi connectivity index (χ0) is 20.3. The van der Waals surface area contributed by atoms with Crippen LogP contribution in [0.3, 0.4) is 0 Å². The van der Waals surface area contributed by atoms with Crippen LogP contribution in [-0.2, 0) is 6.42 Å². The van der Waals surface area contributed by atoms with Gasteiger partial charge in [0.25, 0.3) is 0 Å². The SMILES string of the molecule is CCCCCc1ccc(C=NN=Cc2ccc(C3CCC(CC)CC3)cc2)cc1. The zero-order valence-corrected chi connectivity index (χ0v) is 18.2. The molecule has 154 valence electrons. The topological polar surface area (TPSA) is 24.7 Å². The monoisotopic (exact) mass is 388 g/mol. The van der Waals surface area contributed by atoms with E-state index in [4.69, 9.17) is 0 Å². The molecule has 0 bridgehead atoms. The van der Waals surface area contributed by atoms with Gasteiger partial charge in [0.05, 0.1) is 12.4 Å². The number of hydrogen-bond acceptors (Lipinski definition) is 2. The van der Waals surface area contributed by atoms with E-state index in [1.54, 1.807) is 0 Å². The molecular weight excluding hydrogens is 352 g/mol. The Kier molecular flexibility index (Phi) is 8.67. The Hall–Kier alpha value is -2.22. The minimum atomic E-state index is 0.742. The van der Waals surface area contributed by atoms with Gasteiger partial charge in [0.1, 0.15) is 0 Å². The molecule has 0 aromatic heterocycles. The van der Waals surface area contributed by atoms with Gasteiger partial charge >= 0.3 is 0 Å². The Bertz CT molecular complexity index is 763. The molecule has 0 saturated heterocycles. The molecule has 0 spiro atoms. The smallest absolute Gasteiger partial charge is 0.0568 e. The fourth-order valence-corrected chi connectivity index (χ4v) is 4.31. The Morgan fingerprint density at radius 1 is 0.759 bits per heavy atom. The fourth-order valence-electron chi connectivity index (χ4n) is 4.31. The van der Waals surface area contributed by atoms with Gasteiger partial charge < -0.3 is 0 Å². The maximum absolute atomic E-state index is 4.23. The van der Waals surface area contributed by atoms with Crippen LogP contribution in [0.15, 0.2) is 58.7 Å². The maximum atomic E-state index is 4.23. The lowest BCUT2D eigenvalue weighted by atomic mass is 9.78. The molecule has 0 aliphatic heterocycles. The number of hydrogen-bond donors (Lipinski definition) is 0. The van der Waals surface area contributed by atoms with Gasteiger partial charge in [-0.2, -0.15) is 10.2 Å². The Morgan fingerprint density at radius 2 is 1.34 bits per heavy atom. The second-order valence-electron chi connectivity index (χ2n) is 8.48. The quantitative estimate of drug-likeness (QED) is 0.240. The standard InChI is InChI=1S/C27H36N2/c1-3-5-6-7-23-8-10-24(11-9-23)20-28-29-21-25-14-18-27(19-15-25)26-16-12-22(4-2)13-17-26/h8-11,14-15,18-22,26H,3-7,12-13,16-17H2,1-2H3. The summed E-state index contributed by atoms with van der Waals surface area (Å²) < 4.78 is 0. The van der Waals surface area contributed by atoms with Gasteiger partial charge in [0, 0.05) is 0 Å². The number of rotatable bonds is 9. The van der Waals surface area contributed by atoms with Crippen molar-refractivity contribution in [2.45, 2.75) is 77.6 Å². The van der Waals surface area contributed by atoms with E-state index in [1.165, 1.54) is 68.9 Å². The average molecular weight is 389 g/mol. The van der Waals surface area contributed by atoms with Crippen molar-refractivity contribution >= 4 is 12.4 Å². The molecule has 1 fully saturated rings. The zero-order valence-electron chi connectivity index (χ0n) is 18.2. The van der Waals surface area contributed by atoms with E-state index < -0.39 is 0 Å². The third kappa shape index (κ3) is 6.96. The van der Waals surface area contributed by atoms with Gasteiger partial charge in [-0.15, -0.1) is 0 Å². The van der Waals surface area contributed by atoms with Crippen LogP contribution < -0.4 is 0 Å². The summed E-state index contributed by atoms with van der Waals surface area (Å²) in [6.07, 6.45) is 15.5. The molecule has 29 heavy (non-hydrogen) atoms. The van der Waals surface area contributed by atoms with Gasteiger partial charge in [-0.05, 0) is 72.6 Å². The van der Waals surface area contributed by atoms with Gasteiger partial charge in [-0.3, -0.25) is 0 Å². The first kappa shape index (κ1) is 21.5. The predicted octanol–water partition coefficient (Wildman–Crippen LogP) is 7.56. The highest BCUT2D eigenvalue weighted by molar-refractivity contribution is 5.82.